The number of carboxylic acid groups (broad SMARTS) is 1. The van der Waals surface area contributed by atoms with Crippen LogP contribution in [0.5, 0.6) is 0 Å². The Bertz CT molecular complexity index is 640. The second kappa shape index (κ2) is 6.18. The summed E-state index contributed by atoms with van der Waals surface area (Å²) in [5, 5.41) is 13.5. The minimum atomic E-state index is -0.883. The highest BCUT2D eigenvalue weighted by Crippen LogP contribution is 2.40. The van der Waals surface area contributed by atoms with Gasteiger partial charge in [0, 0.05) is 24.8 Å². The van der Waals surface area contributed by atoms with Crippen LogP contribution in [0.3, 0.4) is 0 Å². The molecule has 7 nitrogen and oxygen atoms in total. The Hall–Kier alpha value is -1.92. The zero-order valence-electron chi connectivity index (χ0n) is 13.7. The number of aliphatic carboxylic acids is 1. The van der Waals surface area contributed by atoms with Crippen molar-refractivity contribution >= 4 is 11.9 Å². The Morgan fingerprint density at radius 2 is 2.00 bits per heavy atom. The predicted octanol–water partition coefficient (Wildman–Crippen LogP) is 2.12. The summed E-state index contributed by atoms with van der Waals surface area (Å²) in [6.07, 6.45) is 7.60. The third-order valence-corrected chi connectivity index (χ3v) is 5.64. The molecule has 0 radical (unpaired) electrons. The first-order chi connectivity index (χ1) is 11.6. The molecular weight excluding hydrogens is 310 g/mol. The number of hydrogen-bond donors (Lipinski definition) is 1. The van der Waals surface area contributed by atoms with Gasteiger partial charge in [-0.2, -0.15) is 4.98 Å². The van der Waals surface area contributed by atoms with E-state index in [2.05, 4.69) is 10.1 Å². The lowest BCUT2D eigenvalue weighted by atomic mass is 9.84. The summed E-state index contributed by atoms with van der Waals surface area (Å²) in [4.78, 5) is 30.3. The van der Waals surface area contributed by atoms with Gasteiger partial charge >= 0.3 is 5.97 Å². The quantitative estimate of drug-likeness (QED) is 0.886. The lowest BCUT2D eigenvalue weighted by Gasteiger charge is -2.33. The monoisotopic (exact) mass is 333 g/mol. The lowest BCUT2D eigenvalue weighted by molar-refractivity contribution is -0.149. The Kier molecular flexibility index (Phi) is 4.02. The van der Waals surface area contributed by atoms with E-state index >= 15 is 0 Å². The molecule has 3 fully saturated rings. The standard InChI is InChI=1S/C17H23N3O4/c21-15(8-7-14-18-16(19-24-14)10-5-6-10)20-12-4-2-1-3-11(12)9-13(20)17(22)23/h10-13H,1-9H2,(H,22,23)/t11-,12+,13+/m1/s1. The van der Waals surface area contributed by atoms with Crippen molar-refractivity contribution in [1.29, 1.82) is 0 Å². The zero-order valence-corrected chi connectivity index (χ0v) is 13.7. The van der Waals surface area contributed by atoms with Crippen LogP contribution in [0.2, 0.25) is 0 Å². The van der Waals surface area contributed by atoms with Gasteiger partial charge in [-0.3, -0.25) is 4.79 Å². The maximum Gasteiger partial charge on any atom is 0.326 e. The molecular formula is C17H23N3O4. The van der Waals surface area contributed by atoms with Crippen molar-refractivity contribution < 1.29 is 19.2 Å². The molecule has 7 heteroatoms. The van der Waals surface area contributed by atoms with Crippen molar-refractivity contribution in [2.45, 2.75) is 75.8 Å². The minimum absolute atomic E-state index is 0.0945. The fourth-order valence-electron chi connectivity index (χ4n) is 4.26. The Morgan fingerprint density at radius 1 is 1.21 bits per heavy atom. The highest BCUT2D eigenvalue weighted by Gasteiger charge is 2.47. The van der Waals surface area contributed by atoms with E-state index in [1.165, 1.54) is 0 Å². The smallest absolute Gasteiger partial charge is 0.326 e. The average Bonchev–Trinajstić information content (AvgIpc) is 3.19. The Morgan fingerprint density at radius 3 is 2.75 bits per heavy atom. The average molecular weight is 333 g/mol. The van der Waals surface area contributed by atoms with E-state index in [0.29, 0.717) is 30.6 Å². The second-order valence-electron chi connectivity index (χ2n) is 7.32. The first-order valence-corrected chi connectivity index (χ1v) is 9.00. The number of rotatable bonds is 5. The van der Waals surface area contributed by atoms with Crippen LogP contribution >= 0.6 is 0 Å². The van der Waals surface area contributed by atoms with Crippen LogP contribution in [0, 0.1) is 5.92 Å². The number of nitrogens with zero attached hydrogens (tertiary/aromatic N) is 3. The van der Waals surface area contributed by atoms with E-state index in [4.69, 9.17) is 4.52 Å². The van der Waals surface area contributed by atoms with E-state index in [0.717, 1.165) is 44.3 Å². The molecule has 2 saturated carbocycles. The van der Waals surface area contributed by atoms with Gasteiger partial charge in [-0.25, -0.2) is 4.79 Å². The van der Waals surface area contributed by atoms with Crippen molar-refractivity contribution in [1.82, 2.24) is 15.0 Å². The van der Waals surface area contributed by atoms with Gasteiger partial charge < -0.3 is 14.5 Å². The minimum Gasteiger partial charge on any atom is -0.480 e. The van der Waals surface area contributed by atoms with Crippen molar-refractivity contribution in [3.63, 3.8) is 0 Å². The summed E-state index contributed by atoms with van der Waals surface area (Å²) in [7, 11) is 0. The predicted molar refractivity (Wildman–Crippen MR) is 83.2 cm³/mol. The van der Waals surface area contributed by atoms with Crippen molar-refractivity contribution in [2.75, 3.05) is 0 Å². The fraction of sp³-hybridized carbons (Fsp3) is 0.765. The van der Waals surface area contributed by atoms with Gasteiger partial charge in [-0.1, -0.05) is 18.0 Å². The number of aromatic nitrogens is 2. The maximum atomic E-state index is 12.7. The van der Waals surface area contributed by atoms with Crippen LogP contribution in [-0.2, 0) is 16.0 Å². The lowest BCUT2D eigenvalue weighted by Crippen LogP contribution is -2.46. The molecule has 1 N–H and O–H groups in total. The molecule has 2 aliphatic carbocycles. The number of fused-ring (bicyclic) bond motifs is 1. The largest absolute Gasteiger partial charge is 0.480 e. The van der Waals surface area contributed by atoms with E-state index in [1.807, 2.05) is 0 Å². The first-order valence-electron chi connectivity index (χ1n) is 9.00. The number of likely N-dealkylation sites (tertiary alicyclic amines) is 1. The molecule has 1 saturated heterocycles. The van der Waals surface area contributed by atoms with Crippen LogP contribution < -0.4 is 0 Å². The van der Waals surface area contributed by atoms with E-state index in [9.17, 15) is 14.7 Å². The summed E-state index contributed by atoms with van der Waals surface area (Å²) in [5.41, 5.74) is 0. The molecule has 1 aliphatic heterocycles. The van der Waals surface area contributed by atoms with Crippen LogP contribution in [-0.4, -0.2) is 44.1 Å². The summed E-state index contributed by atoms with van der Waals surface area (Å²) in [6.45, 7) is 0. The van der Waals surface area contributed by atoms with Gasteiger partial charge in [0.2, 0.25) is 11.8 Å². The highest BCUT2D eigenvalue weighted by molar-refractivity contribution is 5.84. The molecule has 2 heterocycles. The van der Waals surface area contributed by atoms with Gasteiger partial charge in [0.1, 0.15) is 6.04 Å². The molecule has 0 unspecified atom stereocenters. The Labute approximate surface area is 140 Å². The van der Waals surface area contributed by atoms with Crippen molar-refractivity contribution in [3.05, 3.63) is 11.7 Å². The Balaban J connectivity index is 1.41. The molecule has 1 aromatic heterocycles. The normalized spacial score (nSPS) is 29.5. The van der Waals surface area contributed by atoms with E-state index in [-0.39, 0.29) is 18.4 Å². The topological polar surface area (TPSA) is 96.5 Å². The number of carboxylic acids is 1. The maximum absolute atomic E-state index is 12.7. The highest BCUT2D eigenvalue weighted by atomic mass is 16.5. The summed E-state index contributed by atoms with van der Waals surface area (Å²) in [6, 6.07) is -0.577. The van der Waals surface area contributed by atoms with Crippen molar-refractivity contribution in [2.24, 2.45) is 5.92 Å². The molecule has 0 bridgehead atoms. The third-order valence-electron chi connectivity index (χ3n) is 5.64. The molecule has 1 aromatic rings. The first kappa shape index (κ1) is 15.6. The molecule has 3 aliphatic rings. The van der Waals surface area contributed by atoms with Crippen LogP contribution in [0.1, 0.15) is 69.0 Å². The summed E-state index contributed by atoms with van der Waals surface area (Å²) in [5.74, 6) is 1.02. The van der Waals surface area contributed by atoms with Crippen LogP contribution in [0.25, 0.3) is 0 Å². The van der Waals surface area contributed by atoms with Gasteiger partial charge in [0.25, 0.3) is 0 Å². The molecule has 130 valence electrons. The van der Waals surface area contributed by atoms with Gasteiger partial charge in [0.15, 0.2) is 5.82 Å². The van der Waals surface area contributed by atoms with Crippen molar-refractivity contribution in [3.8, 4) is 0 Å². The molecule has 4 rings (SSSR count). The van der Waals surface area contributed by atoms with E-state index < -0.39 is 12.0 Å². The number of aryl methyl sites for hydroxylation is 1. The SMILES string of the molecule is O=C(O)[C@@H]1C[C@H]2CCCC[C@@H]2N1C(=O)CCc1nc(C2CC2)no1. The second-order valence-corrected chi connectivity index (χ2v) is 7.32. The summed E-state index contributed by atoms with van der Waals surface area (Å²) >= 11 is 0. The van der Waals surface area contributed by atoms with Crippen LogP contribution in [0.15, 0.2) is 4.52 Å². The zero-order chi connectivity index (χ0) is 16.7. The number of hydrogen-bond acceptors (Lipinski definition) is 5. The molecule has 0 spiro atoms. The van der Waals surface area contributed by atoms with Gasteiger partial charge in [-0.05, 0) is 38.0 Å². The third kappa shape index (κ3) is 2.91. The summed E-state index contributed by atoms with van der Waals surface area (Å²) < 4.78 is 5.21. The number of carbonyl (C=O) groups is 2. The molecule has 3 atom stereocenters. The van der Waals surface area contributed by atoms with E-state index in [1.54, 1.807) is 4.90 Å². The molecule has 0 aromatic carbocycles. The number of carbonyl (C=O) groups excluding carboxylic acids is 1. The molecule has 24 heavy (non-hydrogen) atoms. The molecule has 1 amide bonds. The van der Waals surface area contributed by atoms with Crippen LogP contribution in [0.4, 0.5) is 0 Å². The van der Waals surface area contributed by atoms with Gasteiger partial charge in [-0.15, -0.1) is 0 Å². The number of amides is 1. The van der Waals surface area contributed by atoms with Gasteiger partial charge in [0.05, 0.1) is 0 Å². The fourth-order valence-corrected chi connectivity index (χ4v) is 4.26.